The number of carbonyl (C=O) groups excluding carboxylic acids is 1. The highest BCUT2D eigenvalue weighted by molar-refractivity contribution is 8.00. The Balaban J connectivity index is 1.90. The van der Waals surface area contributed by atoms with Gasteiger partial charge in [-0.25, -0.2) is 4.98 Å². The second kappa shape index (κ2) is 7.89. The van der Waals surface area contributed by atoms with Crippen molar-refractivity contribution < 1.29 is 4.79 Å². The maximum Gasteiger partial charge on any atom is 0.267 e. The number of rotatable bonds is 3. The number of thioether (sulfide) groups is 1. The lowest BCUT2D eigenvalue weighted by molar-refractivity contribution is -0.120. The quantitative estimate of drug-likeness (QED) is 0.618. The highest BCUT2D eigenvalue weighted by Gasteiger charge is 2.26. The molecule has 1 saturated heterocycles. The number of halogens is 1. The number of carbonyl (C=O) groups is 1. The van der Waals surface area contributed by atoms with Gasteiger partial charge in [0.15, 0.2) is 5.16 Å². The molecule has 3 heterocycles. The molecule has 0 aliphatic carbocycles. The third-order valence-corrected chi connectivity index (χ3v) is 7.56. The van der Waals surface area contributed by atoms with Crippen LogP contribution in [0.3, 0.4) is 0 Å². The summed E-state index contributed by atoms with van der Waals surface area (Å²) < 4.78 is 1.61. The maximum atomic E-state index is 13.4. The van der Waals surface area contributed by atoms with Gasteiger partial charge >= 0.3 is 0 Å². The third kappa shape index (κ3) is 3.58. The van der Waals surface area contributed by atoms with E-state index in [-0.39, 0.29) is 16.7 Å². The molecule has 1 aromatic carbocycles. The van der Waals surface area contributed by atoms with E-state index in [0.717, 1.165) is 34.5 Å². The Bertz CT molecular complexity index is 1110. The second-order valence-corrected chi connectivity index (χ2v) is 9.68. The standard InChI is InChI=1S/C20H20ClN3O2S2/c1-11-12(2)27-18-16(11)19(26)24(14-8-6-13(21)7-9-14)20(23-18)28-15-5-3-4-10-22-17(15)25/h6-9,15H,3-5,10H2,1-2H3,(H,22,25)/t15-/m1/s1. The lowest BCUT2D eigenvalue weighted by Gasteiger charge is -2.16. The highest BCUT2D eigenvalue weighted by Crippen LogP contribution is 2.32. The molecule has 28 heavy (non-hydrogen) atoms. The van der Waals surface area contributed by atoms with E-state index in [1.807, 2.05) is 26.0 Å². The first kappa shape index (κ1) is 19.5. The van der Waals surface area contributed by atoms with Crippen LogP contribution in [0.4, 0.5) is 0 Å². The van der Waals surface area contributed by atoms with Gasteiger partial charge in [-0.1, -0.05) is 29.8 Å². The van der Waals surface area contributed by atoms with Gasteiger partial charge in [-0.2, -0.15) is 0 Å². The van der Waals surface area contributed by atoms with E-state index < -0.39 is 0 Å². The molecule has 1 N–H and O–H groups in total. The van der Waals surface area contributed by atoms with Gasteiger partial charge in [0.1, 0.15) is 4.83 Å². The Morgan fingerprint density at radius 3 is 2.71 bits per heavy atom. The fourth-order valence-corrected chi connectivity index (χ4v) is 5.69. The Morgan fingerprint density at radius 1 is 1.21 bits per heavy atom. The molecule has 2 aromatic heterocycles. The summed E-state index contributed by atoms with van der Waals surface area (Å²) >= 11 is 8.93. The van der Waals surface area contributed by atoms with Gasteiger partial charge in [-0.15, -0.1) is 11.3 Å². The van der Waals surface area contributed by atoms with Gasteiger partial charge < -0.3 is 5.32 Å². The maximum absolute atomic E-state index is 13.4. The van der Waals surface area contributed by atoms with Crippen LogP contribution in [0.1, 0.15) is 29.7 Å². The van der Waals surface area contributed by atoms with E-state index in [4.69, 9.17) is 16.6 Å². The topological polar surface area (TPSA) is 64.0 Å². The number of hydrogen-bond donors (Lipinski definition) is 1. The number of fused-ring (bicyclic) bond motifs is 1. The van der Waals surface area contributed by atoms with Crippen LogP contribution in [0.5, 0.6) is 0 Å². The van der Waals surface area contributed by atoms with Crippen molar-refractivity contribution >= 4 is 50.8 Å². The van der Waals surface area contributed by atoms with Crippen molar-refractivity contribution in [1.82, 2.24) is 14.9 Å². The lowest BCUT2D eigenvalue weighted by atomic mass is 10.2. The summed E-state index contributed by atoms with van der Waals surface area (Å²) in [5, 5.41) is 4.49. The highest BCUT2D eigenvalue weighted by atomic mass is 35.5. The molecular formula is C20H20ClN3O2S2. The summed E-state index contributed by atoms with van der Waals surface area (Å²) in [7, 11) is 0. The molecule has 1 atom stereocenters. The third-order valence-electron chi connectivity index (χ3n) is 4.99. The van der Waals surface area contributed by atoms with Crippen LogP contribution >= 0.6 is 34.7 Å². The number of nitrogens with one attached hydrogen (secondary N) is 1. The SMILES string of the molecule is Cc1sc2nc(S[C@@H]3CCCCNC3=O)n(-c3ccc(Cl)cc3)c(=O)c2c1C. The molecule has 1 aliphatic rings. The Kier molecular flexibility index (Phi) is 5.49. The van der Waals surface area contributed by atoms with Crippen molar-refractivity contribution in [1.29, 1.82) is 0 Å². The molecule has 1 fully saturated rings. The summed E-state index contributed by atoms with van der Waals surface area (Å²) in [6.45, 7) is 4.66. The second-order valence-electron chi connectivity index (χ2n) is 6.87. The van der Waals surface area contributed by atoms with Crippen molar-refractivity contribution in [3.8, 4) is 5.69 Å². The predicted molar refractivity (Wildman–Crippen MR) is 116 cm³/mol. The van der Waals surface area contributed by atoms with Gasteiger partial charge in [0.05, 0.1) is 16.3 Å². The molecule has 5 nitrogen and oxygen atoms in total. The predicted octanol–water partition coefficient (Wildman–Crippen LogP) is 4.48. The van der Waals surface area contributed by atoms with E-state index in [1.165, 1.54) is 23.1 Å². The normalized spacial score (nSPS) is 17.5. The minimum atomic E-state index is -0.257. The number of benzene rings is 1. The van der Waals surface area contributed by atoms with Crippen LogP contribution in [0.15, 0.2) is 34.2 Å². The van der Waals surface area contributed by atoms with E-state index in [2.05, 4.69) is 5.32 Å². The number of amides is 1. The number of nitrogens with zero attached hydrogens (tertiary/aromatic N) is 2. The summed E-state index contributed by atoms with van der Waals surface area (Å²) in [5.74, 6) is 0.0121. The average molecular weight is 434 g/mol. The summed E-state index contributed by atoms with van der Waals surface area (Å²) in [5.41, 5.74) is 1.55. The molecule has 0 bridgehead atoms. The zero-order valence-corrected chi connectivity index (χ0v) is 18.0. The fraction of sp³-hybridized carbons (Fsp3) is 0.350. The van der Waals surface area contributed by atoms with Gasteiger partial charge in [-0.05, 0) is 56.5 Å². The summed E-state index contributed by atoms with van der Waals surface area (Å²) in [6.07, 6.45) is 2.72. The average Bonchev–Trinajstić information content (AvgIpc) is 2.81. The molecule has 146 valence electrons. The molecule has 0 radical (unpaired) electrons. The molecule has 0 spiro atoms. The van der Waals surface area contributed by atoms with Gasteiger partial charge in [-0.3, -0.25) is 14.2 Å². The number of aromatic nitrogens is 2. The van der Waals surface area contributed by atoms with Crippen molar-refractivity contribution in [2.24, 2.45) is 0 Å². The number of aryl methyl sites for hydroxylation is 2. The molecule has 0 saturated carbocycles. The Labute approximate surface area is 176 Å². The minimum absolute atomic E-state index is 0.0121. The van der Waals surface area contributed by atoms with E-state index in [1.54, 1.807) is 16.7 Å². The fourth-order valence-electron chi connectivity index (χ4n) is 3.32. The van der Waals surface area contributed by atoms with E-state index >= 15 is 0 Å². The van der Waals surface area contributed by atoms with Crippen LogP contribution in [-0.2, 0) is 4.79 Å². The molecule has 4 rings (SSSR count). The first-order valence-corrected chi connectivity index (χ1v) is 11.3. The van der Waals surface area contributed by atoms with Crippen molar-refractivity contribution in [2.45, 2.75) is 43.5 Å². The van der Waals surface area contributed by atoms with Crippen LogP contribution < -0.4 is 10.9 Å². The number of thiophene rings is 1. The first-order chi connectivity index (χ1) is 13.5. The van der Waals surface area contributed by atoms with Crippen molar-refractivity contribution in [3.63, 3.8) is 0 Å². The van der Waals surface area contributed by atoms with Crippen molar-refractivity contribution in [3.05, 3.63) is 50.1 Å². The molecule has 1 aliphatic heterocycles. The van der Waals surface area contributed by atoms with Crippen LogP contribution in [-0.4, -0.2) is 27.3 Å². The zero-order valence-electron chi connectivity index (χ0n) is 15.6. The van der Waals surface area contributed by atoms with Gasteiger partial charge in [0, 0.05) is 16.4 Å². The van der Waals surface area contributed by atoms with Crippen LogP contribution in [0.25, 0.3) is 15.9 Å². The summed E-state index contributed by atoms with van der Waals surface area (Å²) in [4.78, 5) is 32.5. The Morgan fingerprint density at radius 2 is 1.96 bits per heavy atom. The molecular weight excluding hydrogens is 414 g/mol. The summed E-state index contributed by atoms with van der Waals surface area (Å²) in [6, 6.07) is 7.13. The smallest absolute Gasteiger partial charge is 0.267 e. The molecule has 1 amide bonds. The molecule has 3 aromatic rings. The van der Waals surface area contributed by atoms with Crippen LogP contribution in [0, 0.1) is 13.8 Å². The number of hydrogen-bond acceptors (Lipinski definition) is 5. The van der Waals surface area contributed by atoms with E-state index in [9.17, 15) is 9.59 Å². The van der Waals surface area contributed by atoms with Crippen molar-refractivity contribution in [2.75, 3.05) is 6.54 Å². The minimum Gasteiger partial charge on any atom is -0.355 e. The van der Waals surface area contributed by atoms with Crippen LogP contribution in [0.2, 0.25) is 5.02 Å². The molecule has 8 heteroatoms. The molecule has 0 unspecified atom stereocenters. The van der Waals surface area contributed by atoms with Gasteiger partial charge in [0.2, 0.25) is 5.91 Å². The Hall–Kier alpha value is -1.83. The largest absolute Gasteiger partial charge is 0.355 e. The van der Waals surface area contributed by atoms with E-state index in [0.29, 0.717) is 27.8 Å². The zero-order chi connectivity index (χ0) is 19.8. The monoisotopic (exact) mass is 433 g/mol. The lowest BCUT2D eigenvalue weighted by Crippen LogP contribution is -2.31. The van der Waals surface area contributed by atoms with Gasteiger partial charge in [0.25, 0.3) is 5.56 Å². The first-order valence-electron chi connectivity index (χ1n) is 9.19.